The summed E-state index contributed by atoms with van der Waals surface area (Å²) >= 11 is 0. The third kappa shape index (κ3) is 2.14. The highest BCUT2D eigenvalue weighted by Crippen LogP contribution is 2.23. The minimum absolute atomic E-state index is 0.183. The van der Waals surface area contributed by atoms with E-state index in [4.69, 9.17) is 10.3 Å². The fourth-order valence-corrected chi connectivity index (χ4v) is 1.42. The standard InChI is InChI=1S/C7H13N3O4/c1-3-5(12)6(13)7(14-3)4(11)2-9-10-8/h3-7,11-13H,2H2,1H3/t3-,4?,5?,6-,7+/m0/s1. The van der Waals surface area contributed by atoms with Crippen LogP contribution in [-0.2, 0) is 4.74 Å². The lowest BCUT2D eigenvalue weighted by Gasteiger charge is -2.19. The summed E-state index contributed by atoms with van der Waals surface area (Å²) < 4.78 is 5.11. The van der Waals surface area contributed by atoms with Crippen molar-refractivity contribution in [3.05, 3.63) is 10.4 Å². The van der Waals surface area contributed by atoms with E-state index in [1.165, 1.54) is 0 Å². The van der Waals surface area contributed by atoms with Crippen molar-refractivity contribution in [1.29, 1.82) is 0 Å². The van der Waals surface area contributed by atoms with E-state index in [0.717, 1.165) is 0 Å². The Morgan fingerprint density at radius 2 is 2.14 bits per heavy atom. The van der Waals surface area contributed by atoms with Gasteiger partial charge in [0.25, 0.3) is 0 Å². The third-order valence-electron chi connectivity index (χ3n) is 2.25. The molecule has 0 radical (unpaired) electrons. The molecule has 1 saturated heterocycles. The number of ether oxygens (including phenoxy) is 1. The number of nitrogens with zero attached hydrogens (tertiary/aromatic N) is 3. The first-order valence-electron chi connectivity index (χ1n) is 4.28. The first kappa shape index (κ1) is 11.2. The summed E-state index contributed by atoms with van der Waals surface area (Å²) in [4.78, 5) is 2.48. The molecule has 0 aromatic rings. The van der Waals surface area contributed by atoms with Gasteiger partial charge in [0, 0.05) is 4.91 Å². The van der Waals surface area contributed by atoms with Crippen molar-refractivity contribution in [2.24, 2.45) is 5.11 Å². The molecular weight excluding hydrogens is 190 g/mol. The number of hydrogen-bond acceptors (Lipinski definition) is 5. The molecule has 2 unspecified atom stereocenters. The lowest BCUT2D eigenvalue weighted by molar-refractivity contribution is -0.0579. The van der Waals surface area contributed by atoms with Gasteiger partial charge in [-0.25, -0.2) is 0 Å². The molecule has 1 rings (SSSR count). The molecule has 0 spiro atoms. The summed E-state index contributed by atoms with van der Waals surface area (Å²) in [6.45, 7) is 1.41. The Bertz CT molecular complexity index is 243. The third-order valence-corrected chi connectivity index (χ3v) is 2.25. The molecule has 0 bridgehead atoms. The molecule has 0 aromatic heterocycles. The van der Waals surface area contributed by atoms with Crippen molar-refractivity contribution >= 4 is 0 Å². The van der Waals surface area contributed by atoms with Crippen LogP contribution in [0.4, 0.5) is 0 Å². The maximum absolute atomic E-state index is 9.43. The molecule has 1 fully saturated rings. The molecule has 0 saturated carbocycles. The van der Waals surface area contributed by atoms with Crippen LogP contribution in [0.25, 0.3) is 10.4 Å². The lowest BCUT2D eigenvalue weighted by Crippen LogP contribution is -2.40. The highest BCUT2D eigenvalue weighted by Gasteiger charge is 2.43. The van der Waals surface area contributed by atoms with Crippen molar-refractivity contribution in [3.63, 3.8) is 0 Å². The summed E-state index contributed by atoms with van der Waals surface area (Å²) in [7, 11) is 0. The molecule has 1 aliphatic heterocycles. The molecule has 0 aliphatic carbocycles. The second-order valence-corrected chi connectivity index (χ2v) is 3.27. The van der Waals surface area contributed by atoms with Gasteiger partial charge in [0.15, 0.2) is 0 Å². The van der Waals surface area contributed by atoms with Gasteiger partial charge in [0.2, 0.25) is 0 Å². The van der Waals surface area contributed by atoms with Crippen LogP contribution in [-0.4, -0.2) is 52.4 Å². The topological polar surface area (TPSA) is 119 Å². The van der Waals surface area contributed by atoms with Crippen LogP contribution >= 0.6 is 0 Å². The summed E-state index contributed by atoms with van der Waals surface area (Å²) in [6.07, 6.45) is -4.68. The average Bonchev–Trinajstić information content (AvgIpc) is 2.42. The van der Waals surface area contributed by atoms with Crippen LogP contribution in [0.1, 0.15) is 6.92 Å². The van der Waals surface area contributed by atoms with E-state index in [1.807, 2.05) is 0 Å². The first-order chi connectivity index (χ1) is 6.57. The minimum Gasteiger partial charge on any atom is -0.390 e. The number of hydrogen-bond donors (Lipinski definition) is 3. The average molecular weight is 203 g/mol. The molecule has 5 atom stereocenters. The number of azide groups is 1. The van der Waals surface area contributed by atoms with E-state index in [9.17, 15) is 15.3 Å². The molecule has 0 aromatic carbocycles. The van der Waals surface area contributed by atoms with Crippen LogP contribution in [0.3, 0.4) is 0 Å². The zero-order valence-corrected chi connectivity index (χ0v) is 7.69. The number of aliphatic hydroxyl groups is 3. The van der Waals surface area contributed by atoms with Gasteiger partial charge in [-0.15, -0.1) is 0 Å². The fourth-order valence-electron chi connectivity index (χ4n) is 1.42. The second kappa shape index (κ2) is 4.59. The Kier molecular flexibility index (Phi) is 3.68. The zero-order valence-electron chi connectivity index (χ0n) is 7.69. The van der Waals surface area contributed by atoms with E-state index >= 15 is 0 Å². The summed E-state index contributed by atoms with van der Waals surface area (Å²) in [5, 5.41) is 31.3. The number of rotatable bonds is 3. The Balaban J connectivity index is 2.56. The highest BCUT2D eigenvalue weighted by molar-refractivity contribution is 4.92. The Morgan fingerprint density at radius 3 is 2.57 bits per heavy atom. The van der Waals surface area contributed by atoms with E-state index in [1.54, 1.807) is 6.92 Å². The Morgan fingerprint density at radius 1 is 1.50 bits per heavy atom. The van der Waals surface area contributed by atoms with Gasteiger partial charge in [-0.1, -0.05) is 5.11 Å². The molecule has 1 heterocycles. The maximum atomic E-state index is 9.43. The van der Waals surface area contributed by atoms with Gasteiger partial charge in [-0.05, 0) is 12.5 Å². The van der Waals surface area contributed by atoms with E-state index in [2.05, 4.69) is 10.0 Å². The molecule has 3 N–H and O–H groups in total. The lowest BCUT2D eigenvalue weighted by atomic mass is 10.0. The summed E-state index contributed by atoms with van der Waals surface area (Å²) in [5.74, 6) is 0. The van der Waals surface area contributed by atoms with E-state index < -0.39 is 30.5 Å². The number of aliphatic hydroxyl groups excluding tert-OH is 3. The predicted octanol–water partition coefficient (Wildman–Crippen LogP) is -0.833. The van der Waals surface area contributed by atoms with Crippen LogP contribution in [0.15, 0.2) is 5.11 Å². The normalized spacial score (nSPS) is 39.1. The summed E-state index contributed by atoms with van der Waals surface area (Å²) in [5.41, 5.74) is 8.02. The van der Waals surface area contributed by atoms with Crippen LogP contribution < -0.4 is 0 Å². The van der Waals surface area contributed by atoms with Crippen LogP contribution in [0.2, 0.25) is 0 Å². The van der Waals surface area contributed by atoms with Gasteiger partial charge in [0.1, 0.15) is 18.3 Å². The van der Waals surface area contributed by atoms with E-state index in [0.29, 0.717) is 0 Å². The fraction of sp³-hybridized carbons (Fsp3) is 1.00. The molecule has 7 nitrogen and oxygen atoms in total. The maximum Gasteiger partial charge on any atom is 0.112 e. The Hall–Kier alpha value is -0.850. The molecule has 1 aliphatic rings. The van der Waals surface area contributed by atoms with Crippen molar-refractivity contribution in [2.45, 2.75) is 37.4 Å². The molecule has 7 heteroatoms. The highest BCUT2D eigenvalue weighted by atomic mass is 16.6. The van der Waals surface area contributed by atoms with E-state index in [-0.39, 0.29) is 6.54 Å². The van der Waals surface area contributed by atoms with Crippen LogP contribution in [0.5, 0.6) is 0 Å². The van der Waals surface area contributed by atoms with Crippen molar-refractivity contribution in [1.82, 2.24) is 0 Å². The second-order valence-electron chi connectivity index (χ2n) is 3.27. The van der Waals surface area contributed by atoms with Crippen molar-refractivity contribution in [3.8, 4) is 0 Å². The van der Waals surface area contributed by atoms with Crippen molar-refractivity contribution in [2.75, 3.05) is 6.54 Å². The molecule has 80 valence electrons. The van der Waals surface area contributed by atoms with Gasteiger partial charge in [-0.2, -0.15) is 0 Å². The quantitative estimate of drug-likeness (QED) is 0.315. The van der Waals surface area contributed by atoms with Crippen LogP contribution in [0, 0.1) is 0 Å². The van der Waals surface area contributed by atoms with Gasteiger partial charge in [0.05, 0.1) is 18.8 Å². The monoisotopic (exact) mass is 203 g/mol. The van der Waals surface area contributed by atoms with Gasteiger partial charge < -0.3 is 20.1 Å². The minimum atomic E-state index is -1.14. The van der Waals surface area contributed by atoms with Gasteiger partial charge >= 0.3 is 0 Å². The predicted molar refractivity (Wildman–Crippen MR) is 46.4 cm³/mol. The summed E-state index contributed by atoms with van der Waals surface area (Å²) in [6, 6.07) is 0. The molecule has 14 heavy (non-hydrogen) atoms. The molecular formula is C7H13N3O4. The first-order valence-corrected chi connectivity index (χ1v) is 4.28. The SMILES string of the molecule is C[C@@H]1O[C@H](C(O)CN=[N+]=[N-])[C@@H](O)C1O. The molecule has 0 amide bonds. The zero-order chi connectivity index (χ0) is 10.7. The van der Waals surface area contributed by atoms with Crippen molar-refractivity contribution < 1.29 is 20.1 Å². The largest absolute Gasteiger partial charge is 0.390 e. The smallest absolute Gasteiger partial charge is 0.112 e. The Labute approximate surface area is 80.6 Å². The van der Waals surface area contributed by atoms with Gasteiger partial charge in [-0.3, -0.25) is 0 Å².